The van der Waals surface area contributed by atoms with Gasteiger partial charge in [0.1, 0.15) is 12.7 Å². The molecule has 1 aliphatic heterocycles. The van der Waals surface area contributed by atoms with Gasteiger partial charge in [-0.3, -0.25) is 4.79 Å². The molecule has 0 aromatic carbocycles. The van der Waals surface area contributed by atoms with Gasteiger partial charge in [0.25, 0.3) is 0 Å². The van der Waals surface area contributed by atoms with Crippen molar-refractivity contribution in [2.24, 2.45) is 17.8 Å². The maximum atomic E-state index is 11.8. The molecule has 2 rings (SSSR count). The minimum atomic E-state index is -0.890. The van der Waals surface area contributed by atoms with E-state index in [0.717, 1.165) is 11.1 Å². The number of fused-ring (bicyclic) bond motifs is 1. The smallest absolute Gasteiger partial charge is 0.334 e. The molecule has 1 aliphatic carbocycles. The minimum absolute atomic E-state index is 0.000598. The SMILES string of the molecule is C=C1C(=O)OC2CC(COC(=O)C(C)C)=C(C(C)CCCO)C(O)C12. The molecule has 140 valence electrons. The third kappa shape index (κ3) is 4.12. The molecule has 4 unspecified atom stereocenters. The summed E-state index contributed by atoms with van der Waals surface area (Å²) in [6, 6.07) is 0. The van der Waals surface area contributed by atoms with Crippen LogP contribution in [0.4, 0.5) is 0 Å². The Labute approximate surface area is 148 Å². The van der Waals surface area contributed by atoms with E-state index in [9.17, 15) is 14.7 Å². The molecular weight excluding hydrogens is 324 g/mol. The van der Waals surface area contributed by atoms with Crippen LogP contribution < -0.4 is 0 Å². The van der Waals surface area contributed by atoms with E-state index in [1.165, 1.54) is 0 Å². The van der Waals surface area contributed by atoms with Crippen molar-refractivity contribution in [1.29, 1.82) is 0 Å². The lowest BCUT2D eigenvalue weighted by atomic mass is 9.73. The Morgan fingerprint density at radius 1 is 1.40 bits per heavy atom. The molecule has 2 N–H and O–H groups in total. The standard InChI is InChI=1S/C19H28O6/c1-10(2)18(22)24-9-13-8-14-16(12(4)19(23)25-14)17(21)15(13)11(3)6-5-7-20/h10-11,14,16-17,20-21H,4-9H2,1-3H3. The zero-order valence-electron chi connectivity index (χ0n) is 15.2. The highest BCUT2D eigenvalue weighted by atomic mass is 16.6. The van der Waals surface area contributed by atoms with Gasteiger partial charge in [0.05, 0.1) is 17.9 Å². The van der Waals surface area contributed by atoms with Gasteiger partial charge in [-0.05, 0) is 29.9 Å². The van der Waals surface area contributed by atoms with Crippen molar-refractivity contribution in [3.05, 3.63) is 23.3 Å². The zero-order valence-corrected chi connectivity index (χ0v) is 15.2. The van der Waals surface area contributed by atoms with Crippen LogP contribution in [0, 0.1) is 17.8 Å². The van der Waals surface area contributed by atoms with Crippen molar-refractivity contribution in [3.63, 3.8) is 0 Å². The normalized spacial score (nSPS) is 27.4. The highest BCUT2D eigenvalue weighted by molar-refractivity contribution is 5.91. The Balaban J connectivity index is 2.27. The van der Waals surface area contributed by atoms with E-state index in [0.29, 0.717) is 24.8 Å². The fraction of sp³-hybridized carbons (Fsp3) is 0.684. The molecule has 0 radical (unpaired) electrons. The van der Waals surface area contributed by atoms with Crippen molar-refractivity contribution < 1.29 is 29.3 Å². The first-order valence-electron chi connectivity index (χ1n) is 8.85. The monoisotopic (exact) mass is 352 g/mol. The summed E-state index contributed by atoms with van der Waals surface area (Å²) < 4.78 is 10.7. The summed E-state index contributed by atoms with van der Waals surface area (Å²) >= 11 is 0. The van der Waals surface area contributed by atoms with Crippen LogP contribution in [0.25, 0.3) is 0 Å². The predicted octanol–water partition coefficient (Wildman–Crippen LogP) is 1.75. The molecule has 4 atom stereocenters. The van der Waals surface area contributed by atoms with Gasteiger partial charge < -0.3 is 19.7 Å². The van der Waals surface area contributed by atoms with E-state index in [4.69, 9.17) is 14.6 Å². The summed E-state index contributed by atoms with van der Waals surface area (Å²) in [6.07, 6.45) is 0.386. The molecule has 2 aliphatic rings. The van der Waals surface area contributed by atoms with Gasteiger partial charge in [0.15, 0.2) is 0 Å². The zero-order chi connectivity index (χ0) is 18.7. The number of carbonyl (C=O) groups is 2. The Morgan fingerprint density at radius 2 is 2.08 bits per heavy atom. The third-order valence-electron chi connectivity index (χ3n) is 5.02. The van der Waals surface area contributed by atoms with Gasteiger partial charge in [0, 0.05) is 18.6 Å². The molecule has 1 heterocycles. The van der Waals surface area contributed by atoms with Crippen LogP contribution in [0.1, 0.15) is 40.0 Å². The quantitative estimate of drug-likeness (QED) is 0.412. The van der Waals surface area contributed by atoms with Crippen molar-refractivity contribution >= 4 is 11.9 Å². The topological polar surface area (TPSA) is 93.1 Å². The molecule has 0 aromatic heterocycles. The van der Waals surface area contributed by atoms with E-state index < -0.39 is 24.1 Å². The van der Waals surface area contributed by atoms with Gasteiger partial charge in [-0.25, -0.2) is 4.79 Å². The number of esters is 2. The van der Waals surface area contributed by atoms with Crippen molar-refractivity contribution in [1.82, 2.24) is 0 Å². The summed E-state index contributed by atoms with van der Waals surface area (Å²) in [4.78, 5) is 23.6. The first-order chi connectivity index (χ1) is 11.8. The molecule has 25 heavy (non-hydrogen) atoms. The Morgan fingerprint density at radius 3 is 2.68 bits per heavy atom. The van der Waals surface area contributed by atoms with Crippen LogP contribution in [0.3, 0.4) is 0 Å². The van der Waals surface area contributed by atoms with Crippen LogP contribution in [0.5, 0.6) is 0 Å². The number of aliphatic hydroxyl groups excluding tert-OH is 2. The Bertz CT molecular complexity index is 576. The predicted molar refractivity (Wildman–Crippen MR) is 91.4 cm³/mol. The van der Waals surface area contributed by atoms with Gasteiger partial charge >= 0.3 is 11.9 Å². The molecule has 6 heteroatoms. The largest absolute Gasteiger partial charge is 0.461 e. The second-order valence-corrected chi connectivity index (χ2v) is 7.23. The average molecular weight is 352 g/mol. The lowest BCUT2D eigenvalue weighted by molar-refractivity contribution is -0.147. The second kappa shape index (κ2) is 8.15. The molecule has 0 aromatic rings. The van der Waals surface area contributed by atoms with Gasteiger partial charge in [-0.1, -0.05) is 27.4 Å². The van der Waals surface area contributed by atoms with Crippen molar-refractivity contribution in [3.8, 4) is 0 Å². The number of aliphatic hydroxyl groups is 2. The third-order valence-corrected chi connectivity index (χ3v) is 5.02. The van der Waals surface area contributed by atoms with Crippen LogP contribution in [-0.2, 0) is 19.1 Å². The maximum Gasteiger partial charge on any atom is 0.334 e. The van der Waals surface area contributed by atoms with Gasteiger partial charge in [0.2, 0.25) is 0 Å². The second-order valence-electron chi connectivity index (χ2n) is 7.23. The van der Waals surface area contributed by atoms with E-state index >= 15 is 0 Å². The first-order valence-corrected chi connectivity index (χ1v) is 8.85. The van der Waals surface area contributed by atoms with Gasteiger partial charge in [-0.15, -0.1) is 0 Å². The number of hydrogen-bond acceptors (Lipinski definition) is 6. The van der Waals surface area contributed by atoms with Crippen LogP contribution >= 0.6 is 0 Å². The lowest BCUT2D eigenvalue weighted by Crippen LogP contribution is -2.39. The fourth-order valence-electron chi connectivity index (χ4n) is 3.63. The molecule has 1 saturated heterocycles. The number of carbonyl (C=O) groups excluding carboxylic acids is 2. The fourth-order valence-corrected chi connectivity index (χ4v) is 3.63. The summed E-state index contributed by atoms with van der Waals surface area (Å²) in [6.45, 7) is 9.42. The summed E-state index contributed by atoms with van der Waals surface area (Å²) in [5.74, 6) is -1.47. The van der Waals surface area contributed by atoms with Crippen LogP contribution in [0.15, 0.2) is 23.3 Å². The van der Waals surface area contributed by atoms with E-state index in [2.05, 4.69) is 6.58 Å². The molecule has 0 bridgehead atoms. The first kappa shape index (κ1) is 19.7. The maximum absolute atomic E-state index is 11.8. The average Bonchev–Trinajstić information content (AvgIpc) is 2.84. The molecule has 1 fully saturated rings. The van der Waals surface area contributed by atoms with E-state index in [1.807, 2.05) is 6.92 Å². The highest BCUT2D eigenvalue weighted by Crippen LogP contribution is 2.43. The molecule has 6 nitrogen and oxygen atoms in total. The molecule has 0 saturated carbocycles. The molecule has 0 spiro atoms. The van der Waals surface area contributed by atoms with Crippen LogP contribution in [0.2, 0.25) is 0 Å². The lowest BCUT2D eigenvalue weighted by Gasteiger charge is -2.36. The number of hydrogen-bond donors (Lipinski definition) is 2. The summed E-state index contributed by atoms with van der Waals surface area (Å²) in [5.41, 5.74) is 1.88. The summed E-state index contributed by atoms with van der Waals surface area (Å²) in [5, 5.41) is 20.0. The molecular formula is C19H28O6. The highest BCUT2D eigenvalue weighted by Gasteiger charge is 2.48. The Hall–Kier alpha value is -1.66. The summed E-state index contributed by atoms with van der Waals surface area (Å²) in [7, 11) is 0. The number of ether oxygens (including phenoxy) is 2. The Kier molecular flexibility index (Phi) is 6.41. The van der Waals surface area contributed by atoms with Crippen molar-refractivity contribution in [2.45, 2.75) is 52.2 Å². The molecule has 0 amide bonds. The van der Waals surface area contributed by atoms with E-state index in [-0.39, 0.29) is 31.0 Å². The number of rotatable bonds is 7. The van der Waals surface area contributed by atoms with E-state index in [1.54, 1.807) is 13.8 Å². The van der Waals surface area contributed by atoms with Crippen LogP contribution in [-0.4, -0.2) is 47.6 Å². The minimum Gasteiger partial charge on any atom is -0.461 e. The van der Waals surface area contributed by atoms with Gasteiger partial charge in [-0.2, -0.15) is 0 Å². The van der Waals surface area contributed by atoms with Crippen molar-refractivity contribution in [2.75, 3.05) is 13.2 Å².